The van der Waals surface area contributed by atoms with E-state index >= 15 is 0 Å². The van der Waals surface area contributed by atoms with E-state index in [2.05, 4.69) is 5.32 Å². The van der Waals surface area contributed by atoms with E-state index < -0.39 is 23.4 Å². The zero-order valence-corrected chi connectivity index (χ0v) is 18.4. The fraction of sp³-hybridized carbons (Fsp3) is 0.0357. The van der Waals surface area contributed by atoms with Gasteiger partial charge in [0.25, 0.3) is 0 Å². The van der Waals surface area contributed by atoms with Crippen molar-refractivity contribution in [2.75, 3.05) is 5.32 Å². The molecule has 7 nitrogen and oxygen atoms in total. The first kappa shape index (κ1) is 23.3. The molecule has 35 heavy (non-hydrogen) atoms. The van der Waals surface area contributed by atoms with Gasteiger partial charge < -0.3 is 20.3 Å². The predicted octanol–water partition coefficient (Wildman–Crippen LogP) is 5.65. The Morgan fingerprint density at radius 2 is 1.20 bits per heavy atom. The fourth-order valence-corrected chi connectivity index (χ4v) is 3.73. The number of aromatic carboxylic acids is 2. The molecule has 0 aliphatic heterocycles. The van der Waals surface area contributed by atoms with Crippen molar-refractivity contribution in [2.24, 2.45) is 0 Å². The van der Waals surface area contributed by atoms with Gasteiger partial charge in [0.2, 0.25) is 5.91 Å². The largest absolute Gasteiger partial charge is 0.478 e. The van der Waals surface area contributed by atoms with Crippen LogP contribution in [0.3, 0.4) is 0 Å². The summed E-state index contributed by atoms with van der Waals surface area (Å²) in [6, 6.07) is 29.2. The summed E-state index contributed by atoms with van der Waals surface area (Å²) in [6.07, 6.45) is 0. The average Bonchev–Trinajstić information content (AvgIpc) is 2.86. The number of carboxylic acid groups (broad SMARTS) is 2. The van der Waals surface area contributed by atoms with Crippen molar-refractivity contribution in [2.45, 2.75) is 5.92 Å². The first-order valence-corrected chi connectivity index (χ1v) is 10.7. The number of hydrogen-bond donors (Lipinski definition) is 3. The smallest absolute Gasteiger partial charge is 0.336 e. The van der Waals surface area contributed by atoms with Gasteiger partial charge in [0.15, 0.2) is 5.75 Å². The molecule has 0 aliphatic carbocycles. The highest BCUT2D eigenvalue weighted by atomic mass is 16.5. The van der Waals surface area contributed by atoms with E-state index in [1.165, 1.54) is 12.1 Å². The van der Waals surface area contributed by atoms with Crippen molar-refractivity contribution in [3.63, 3.8) is 0 Å². The molecule has 0 spiro atoms. The van der Waals surface area contributed by atoms with Crippen LogP contribution < -0.4 is 10.1 Å². The van der Waals surface area contributed by atoms with E-state index in [1.54, 1.807) is 24.3 Å². The topological polar surface area (TPSA) is 113 Å². The maximum Gasteiger partial charge on any atom is 0.336 e. The Morgan fingerprint density at radius 3 is 1.77 bits per heavy atom. The summed E-state index contributed by atoms with van der Waals surface area (Å²) in [7, 11) is 0. The predicted molar refractivity (Wildman–Crippen MR) is 130 cm³/mol. The molecule has 0 fully saturated rings. The van der Waals surface area contributed by atoms with Crippen molar-refractivity contribution in [1.82, 2.24) is 0 Å². The third kappa shape index (κ3) is 5.36. The van der Waals surface area contributed by atoms with Crippen LogP contribution in [0.5, 0.6) is 11.5 Å². The summed E-state index contributed by atoms with van der Waals surface area (Å²) in [5.74, 6) is -3.18. The van der Waals surface area contributed by atoms with Crippen LogP contribution in [0.25, 0.3) is 0 Å². The lowest BCUT2D eigenvalue weighted by atomic mass is 9.90. The van der Waals surface area contributed by atoms with Gasteiger partial charge in [0.1, 0.15) is 5.75 Å². The highest BCUT2D eigenvalue weighted by molar-refractivity contribution is 6.02. The van der Waals surface area contributed by atoms with Crippen molar-refractivity contribution in [3.8, 4) is 11.5 Å². The van der Waals surface area contributed by atoms with Gasteiger partial charge >= 0.3 is 11.9 Å². The minimum Gasteiger partial charge on any atom is -0.478 e. The van der Waals surface area contributed by atoms with Crippen molar-refractivity contribution in [3.05, 3.63) is 125 Å². The summed E-state index contributed by atoms with van der Waals surface area (Å²) in [6.45, 7) is 0. The van der Waals surface area contributed by atoms with Gasteiger partial charge in [-0.25, -0.2) is 9.59 Å². The summed E-state index contributed by atoms with van der Waals surface area (Å²) in [5, 5.41) is 21.5. The van der Waals surface area contributed by atoms with E-state index in [4.69, 9.17) is 4.74 Å². The van der Waals surface area contributed by atoms with Crippen LogP contribution >= 0.6 is 0 Å². The summed E-state index contributed by atoms with van der Waals surface area (Å²) >= 11 is 0. The van der Waals surface area contributed by atoms with Gasteiger partial charge in [0.05, 0.1) is 22.7 Å². The number of hydrogen-bond acceptors (Lipinski definition) is 4. The molecule has 0 unspecified atom stereocenters. The van der Waals surface area contributed by atoms with Gasteiger partial charge in [0, 0.05) is 0 Å². The maximum atomic E-state index is 13.5. The maximum absolute atomic E-state index is 13.5. The van der Waals surface area contributed by atoms with Gasteiger partial charge in [-0.05, 0) is 41.5 Å². The third-order valence-electron chi connectivity index (χ3n) is 5.35. The van der Waals surface area contributed by atoms with Crippen LogP contribution in [0.1, 0.15) is 37.8 Å². The first-order chi connectivity index (χ1) is 16.9. The molecule has 4 rings (SSSR count). The number of para-hydroxylation sites is 2. The number of carboxylic acids is 2. The second kappa shape index (κ2) is 10.4. The Balaban J connectivity index is 1.64. The lowest BCUT2D eigenvalue weighted by Crippen LogP contribution is -2.22. The molecule has 0 aliphatic rings. The molecule has 3 N–H and O–H groups in total. The number of rotatable bonds is 8. The second-order valence-electron chi connectivity index (χ2n) is 7.66. The van der Waals surface area contributed by atoms with E-state index in [0.29, 0.717) is 5.69 Å². The van der Waals surface area contributed by atoms with E-state index in [1.807, 2.05) is 60.7 Å². The molecule has 0 radical (unpaired) electrons. The summed E-state index contributed by atoms with van der Waals surface area (Å²) < 4.78 is 5.86. The number of carbonyl (C=O) groups excluding carboxylic acids is 1. The van der Waals surface area contributed by atoms with Crippen LogP contribution in [0.4, 0.5) is 5.69 Å². The Hall–Kier alpha value is -4.91. The molecule has 0 saturated carbocycles. The van der Waals surface area contributed by atoms with Gasteiger partial charge in [-0.1, -0.05) is 72.8 Å². The van der Waals surface area contributed by atoms with E-state index in [-0.39, 0.29) is 23.0 Å². The highest BCUT2D eigenvalue weighted by Crippen LogP contribution is 2.33. The molecule has 4 aromatic carbocycles. The molecule has 0 bridgehead atoms. The Labute approximate surface area is 201 Å². The van der Waals surface area contributed by atoms with Crippen LogP contribution in [0.15, 0.2) is 103 Å². The molecule has 0 heterocycles. The first-order valence-electron chi connectivity index (χ1n) is 10.7. The number of amides is 1. The number of ether oxygens (including phenoxy) is 1. The highest BCUT2D eigenvalue weighted by Gasteiger charge is 2.24. The molecule has 7 heteroatoms. The quantitative estimate of drug-likeness (QED) is 0.309. The van der Waals surface area contributed by atoms with Crippen LogP contribution in [-0.2, 0) is 4.79 Å². The minimum atomic E-state index is -1.39. The molecular weight excluding hydrogens is 446 g/mol. The lowest BCUT2D eigenvalue weighted by molar-refractivity contribution is -0.116. The normalized spacial score (nSPS) is 10.5. The number of benzene rings is 4. The third-order valence-corrected chi connectivity index (χ3v) is 5.35. The van der Waals surface area contributed by atoms with Crippen LogP contribution in [0, 0.1) is 0 Å². The second-order valence-corrected chi connectivity index (χ2v) is 7.66. The minimum absolute atomic E-state index is 0.122. The van der Waals surface area contributed by atoms with E-state index in [9.17, 15) is 24.6 Å². The van der Waals surface area contributed by atoms with E-state index in [0.717, 1.165) is 17.2 Å². The van der Waals surface area contributed by atoms with Crippen molar-refractivity contribution < 1.29 is 29.3 Å². The summed E-state index contributed by atoms with van der Waals surface area (Å²) in [5.41, 5.74) is 1.29. The molecule has 174 valence electrons. The fourth-order valence-electron chi connectivity index (χ4n) is 3.73. The summed E-state index contributed by atoms with van der Waals surface area (Å²) in [4.78, 5) is 36.3. The monoisotopic (exact) mass is 467 g/mol. The van der Waals surface area contributed by atoms with Gasteiger partial charge in [-0.3, -0.25) is 4.79 Å². The zero-order chi connectivity index (χ0) is 24.8. The number of anilines is 1. The average molecular weight is 467 g/mol. The molecule has 0 saturated heterocycles. The molecule has 0 aromatic heterocycles. The van der Waals surface area contributed by atoms with Crippen molar-refractivity contribution >= 4 is 23.5 Å². The standard InChI is InChI=1S/C28H21NO6/c30-26(25(18-9-3-1-4-10-18)19-11-5-2-6-12-19)29-23-13-7-8-14-24(23)35-20-15-16-21(27(31)32)22(17-20)28(33)34/h1-17,25H,(H,29,30)(H,31,32)(H,33,34). The Kier molecular flexibility index (Phi) is 6.88. The molecule has 4 aromatic rings. The van der Waals surface area contributed by atoms with Gasteiger partial charge in [-0.2, -0.15) is 0 Å². The molecule has 1 amide bonds. The van der Waals surface area contributed by atoms with Crippen LogP contribution in [-0.4, -0.2) is 28.1 Å². The number of carbonyl (C=O) groups is 3. The van der Waals surface area contributed by atoms with Crippen LogP contribution in [0.2, 0.25) is 0 Å². The Bertz CT molecular complexity index is 1330. The lowest BCUT2D eigenvalue weighted by Gasteiger charge is -2.19. The Morgan fingerprint density at radius 1 is 0.657 bits per heavy atom. The van der Waals surface area contributed by atoms with Gasteiger partial charge in [-0.15, -0.1) is 0 Å². The number of nitrogens with one attached hydrogen (secondary N) is 1. The zero-order valence-electron chi connectivity index (χ0n) is 18.4. The van der Waals surface area contributed by atoms with Crippen molar-refractivity contribution in [1.29, 1.82) is 0 Å². The molecular formula is C28H21NO6. The molecule has 0 atom stereocenters. The SMILES string of the molecule is O=C(O)c1ccc(Oc2ccccc2NC(=O)C(c2ccccc2)c2ccccc2)cc1C(=O)O.